The van der Waals surface area contributed by atoms with Crippen molar-refractivity contribution in [2.45, 2.75) is 56.4 Å². The molecule has 2 aromatic heterocycles. The van der Waals surface area contributed by atoms with E-state index in [1.54, 1.807) is 7.05 Å². The molecule has 8 nitrogen and oxygen atoms in total. The summed E-state index contributed by atoms with van der Waals surface area (Å²) >= 11 is 0. The van der Waals surface area contributed by atoms with Crippen LogP contribution in [0.5, 0.6) is 0 Å². The first-order valence-corrected chi connectivity index (χ1v) is 9.67. The quantitative estimate of drug-likeness (QED) is 0.836. The lowest BCUT2D eigenvalue weighted by atomic mass is 10.1. The van der Waals surface area contributed by atoms with Crippen LogP contribution in [0.25, 0.3) is 0 Å². The molecule has 0 aromatic carbocycles. The SMILES string of the molecule is CC(C)c1nc(C2CCCCCN2S(=O)(=O)c2cnn(C)c2)no1. The molecular formula is C15H23N5O3S. The van der Waals surface area contributed by atoms with E-state index in [0.29, 0.717) is 24.7 Å². The van der Waals surface area contributed by atoms with Gasteiger partial charge in [0.15, 0.2) is 5.82 Å². The highest BCUT2D eigenvalue weighted by Gasteiger charge is 2.36. The minimum Gasteiger partial charge on any atom is -0.339 e. The van der Waals surface area contributed by atoms with Gasteiger partial charge in [-0.05, 0) is 12.8 Å². The Kier molecular flexibility index (Phi) is 4.73. The monoisotopic (exact) mass is 353 g/mol. The van der Waals surface area contributed by atoms with Gasteiger partial charge in [-0.2, -0.15) is 14.4 Å². The summed E-state index contributed by atoms with van der Waals surface area (Å²) < 4.78 is 34.4. The molecule has 3 rings (SSSR count). The molecule has 1 unspecified atom stereocenters. The van der Waals surface area contributed by atoms with Crippen LogP contribution in [0, 0.1) is 0 Å². The number of hydrogen-bond acceptors (Lipinski definition) is 6. The molecule has 1 fully saturated rings. The summed E-state index contributed by atoms with van der Waals surface area (Å²) in [5.74, 6) is 1.10. The van der Waals surface area contributed by atoms with E-state index in [1.807, 2.05) is 13.8 Å². The third-order valence-corrected chi connectivity index (χ3v) is 6.10. The minimum atomic E-state index is -3.64. The molecule has 0 aliphatic carbocycles. The largest absolute Gasteiger partial charge is 0.339 e. The number of aryl methyl sites for hydroxylation is 1. The second-order valence-electron chi connectivity index (χ2n) is 6.48. The zero-order chi connectivity index (χ0) is 17.3. The van der Waals surface area contributed by atoms with Crippen molar-refractivity contribution in [3.63, 3.8) is 0 Å². The van der Waals surface area contributed by atoms with Crippen LogP contribution in [0.1, 0.15) is 63.2 Å². The fourth-order valence-electron chi connectivity index (χ4n) is 2.91. The number of hydrogen-bond donors (Lipinski definition) is 0. The second kappa shape index (κ2) is 6.64. The first-order valence-electron chi connectivity index (χ1n) is 8.23. The Morgan fingerprint density at radius 1 is 1.29 bits per heavy atom. The highest BCUT2D eigenvalue weighted by molar-refractivity contribution is 7.89. The molecule has 0 radical (unpaired) electrons. The smallest absolute Gasteiger partial charge is 0.246 e. The molecule has 0 saturated carbocycles. The van der Waals surface area contributed by atoms with Gasteiger partial charge in [0.1, 0.15) is 4.90 Å². The summed E-state index contributed by atoms with van der Waals surface area (Å²) in [6.45, 7) is 4.39. The number of sulfonamides is 1. The minimum absolute atomic E-state index is 0.111. The zero-order valence-electron chi connectivity index (χ0n) is 14.2. The molecule has 0 bridgehead atoms. The average molecular weight is 353 g/mol. The van der Waals surface area contributed by atoms with Gasteiger partial charge in [-0.3, -0.25) is 4.68 Å². The van der Waals surface area contributed by atoms with E-state index >= 15 is 0 Å². The number of rotatable bonds is 4. The van der Waals surface area contributed by atoms with E-state index in [1.165, 1.54) is 21.4 Å². The van der Waals surface area contributed by atoms with Gasteiger partial charge in [-0.15, -0.1) is 0 Å². The lowest BCUT2D eigenvalue weighted by molar-refractivity contribution is 0.300. The van der Waals surface area contributed by atoms with E-state index in [2.05, 4.69) is 15.2 Å². The van der Waals surface area contributed by atoms with Crippen molar-refractivity contribution in [3.05, 3.63) is 24.1 Å². The first-order chi connectivity index (χ1) is 11.4. The van der Waals surface area contributed by atoms with Crippen molar-refractivity contribution in [2.24, 2.45) is 7.05 Å². The Morgan fingerprint density at radius 2 is 2.08 bits per heavy atom. The highest BCUT2D eigenvalue weighted by Crippen LogP contribution is 2.33. The molecule has 2 aromatic rings. The van der Waals surface area contributed by atoms with Gasteiger partial charge >= 0.3 is 0 Å². The summed E-state index contributed by atoms with van der Waals surface area (Å²) in [6, 6.07) is -0.394. The Hall–Kier alpha value is -1.74. The van der Waals surface area contributed by atoms with E-state index in [9.17, 15) is 8.42 Å². The maximum atomic E-state index is 13.1. The van der Waals surface area contributed by atoms with Crippen molar-refractivity contribution >= 4 is 10.0 Å². The molecule has 1 saturated heterocycles. The Balaban J connectivity index is 1.98. The maximum absolute atomic E-state index is 13.1. The molecule has 3 heterocycles. The van der Waals surface area contributed by atoms with Crippen LogP contribution in [0.15, 0.2) is 21.8 Å². The van der Waals surface area contributed by atoms with E-state index in [4.69, 9.17) is 4.52 Å². The fraction of sp³-hybridized carbons (Fsp3) is 0.667. The van der Waals surface area contributed by atoms with Gasteiger partial charge in [-0.1, -0.05) is 31.8 Å². The lowest BCUT2D eigenvalue weighted by Gasteiger charge is -2.26. The van der Waals surface area contributed by atoms with E-state index in [-0.39, 0.29) is 10.8 Å². The molecule has 1 aliphatic rings. The van der Waals surface area contributed by atoms with Gasteiger partial charge in [0.25, 0.3) is 0 Å². The van der Waals surface area contributed by atoms with Gasteiger partial charge in [0, 0.05) is 25.7 Å². The molecule has 0 spiro atoms. The molecular weight excluding hydrogens is 330 g/mol. The van der Waals surface area contributed by atoms with E-state index in [0.717, 1.165) is 19.3 Å². The Morgan fingerprint density at radius 3 is 2.71 bits per heavy atom. The standard InChI is InChI=1S/C15H23N5O3S/c1-11(2)15-17-14(18-23-15)13-7-5-4-6-8-20(13)24(21,22)12-9-16-19(3)10-12/h9-11,13H,4-8H2,1-3H3. The number of aromatic nitrogens is 4. The summed E-state index contributed by atoms with van der Waals surface area (Å²) in [7, 11) is -1.94. The summed E-state index contributed by atoms with van der Waals surface area (Å²) in [6.07, 6.45) is 6.35. The lowest BCUT2D eigenvalue weighted by Crippen LogP contribution is -2.35. The van der Waals surface area contributed by atoms with E-state index < -0.39 is 16.1 Å². The highest BCUT2D eigenvalue weighted by atomic mass is 32.2. The molecule has 9 heteroatoms. The Bertz CT molecular complexity index is 796. The average Bonchev–Trinajstić information content (AvgIpc) is 3.11. The van der Waals surface area contributed by atoms with Crippen molar-refractivity contribution < 1.29 is 12.9 Å². The van der Waals surface area contributed by atoms with Gasteiger partial charge < -0.3 is 4.52 Å². The van der Waals surface area contributed by atoms with Crippen LogP contribution in [0.3, 0.4) is 0 Å². The predicted molar refractivity (Wildman–Crippen MR) is 86.7 cm³/mol. The van der Waals surface area contributed by atoms with Crippen molar-refractivity contribution in [3.8, 4) is 0 Å². The van der Waals surface area contributed by atoms with Crippen LogP contribution in [-0.2, 0) is 17.1 Å². The molecule has 132 valence electrons. The Labute approximate surface area is 141 Å². The summed E-state index contributed by atoms with van der Waals surface area (Å²) in [5, 5.41) is 8.04. The van der Waals surface area contributed by atoms with Gasteiger partial charge in [0.2, 0.25) is 15.9 Å². The van der Waals surface area contributed by atoms with Gasteiger partial charge in [-0.25, -0.2) is 8.42 Å². The molecule has 0 N–H and O–H groups in total. The topological polar surface area (TPSA) is 94.1 Å². The fourth-order valence-corrected chi connectivity index (χ4v) is 4.55. The summed E-state index contributed by atoms with van der Waals surface area (Å²) in [5.41, 5.74) is 0. The third-order valence-electron chi connectivity index (χ3n) is 4.24. The van der Waals surface area contributed by atoms with Gasteiger partial charge in [0.05, 0.1) is 12.2 Å². The number of nitrogens with zero attached hydrogens (tertiary/aromatic N) is 5. The van der Waals surface area contributed by atoms with Crippen molar-refractivity contribution in [2.75, 3.05) is 6.54 Å². The maximum Gasteiger partial charge on any atom is 0.246 e. The predicted octanol–water partition coefficient (Wildman–Crippen LogP) is 2.23. The van der Waals surface area contributed by atoms with Crippen LogP contribution in [0.4, 0.5) is 0 Å². The zero-order valence-corrected chi connectivity index (χ0v) is 15.0. The molecule has 1 atom stereocenters. The van der Waals surface area contributed by atoms with Crippen LogP contribution < -0.4 is 0 Å². The molecule has 24 heavy (non-hydrogen) atoms. The van der Waals surface area contributed by atoms with Crippen LogP contribution >= 0.6 is 0 Å². The second-order valence-corrected chi connectivity index (χ2v) is 8.37. The van der Waals surface area contributed by atoms with Crippen LogP contribution in [0.2, 0.25) is 0 Å². The van der Waals surface area contributed by atoms with Crippen molar-refractivity contribution in [1.82, 2.24) is 24.2 Å². The first kappa shape index (κ1) is 17.1. The molecule has 0 amide bonds. The van der Waals surface area contributed by atoms with Crippen molar-refractivity contribution in [1.29, 1.82) is 0 Å². The summed E-state index contributed by atoms with van der Waals surface area (Å²) in [4.78, 5) is 4.63. The third kappa shape index (κ3) is 3.23. The molecule has 1 aliphatic heterocycles. The van der Waals surface area contributed by atoms with Crippen LogP contribution in [-0.4, -0.2) is 39.2 Å². The normalized spacial score (nSPS) is 20.4.